The lowest BCUT2D eigenvalue weighted by atomic mass is 10.2. The molecule has 1 aromatic heterocycles. The van der Waals surface area contributed by atoms with Gasteiger partial charge in [-0.1, -0.05) is 29.8 Å². The maximum absolute atomic E-state index is 12.7. The zero-order valence-corrected chi connectivity index (χ0v) is 12.6. The lowest BCUT2D eigenvalue weighted by Gasteiger charge is -2.18. The molecule has 0 fully saturated rings. The van der Waals surface area contributed by atoms with E-state index in [9.17, 15) is 13.6 Å². The zero-order valence-electron chi connectivity index (χ0n) is 11.8. The molecule has 22 heavy (non-hydrogen) atoms. The van der Waals surface area contributed by atoms with Crippen molar-refractivity contribution in [2.45, 2.75) is 19.6 Å². The molecule has 0 spiro atoms. The minimum absolute atomic E-state index is 0.0221. The highest BCUT2D eigenvalue weighted by Gasteiger charge is 2.16. The summed E-state index contributed by atoms with van der Waals surface area (Å²) in [6.07, 6.45) is 2.45. The highest BCUT2D eigenvalue weighted by atomic mass is 35.5. The third kappa shape index (κ3) is 3.94. The molecule has 0 unspecified atom stereocenters. The molecule has 1 aromatic carbocycles. The quantitative estimate of drug-likeness (QED) is 0.915. The van der Waals surface area contributed by atoms with Gasteiger partial charge in [-0.15, -0.1) is 0 Å². The molecule has 0 saturated heterocycles. The van der Waals surface area contributed by atoms with Gasteiger partial charge in [0.05, 0.1) is 6.54 Å². The van der Waals surface area contributed by atoms with Gasteiger partial charge in [-0.05, 0) is 11.6 Å². The third-order valence-corrected chi connectivity index (χ3v) is 3.44. The van der Waals surface area contributed by atoms with Gasteiger partial charge in [0.1, 0.15) is 5.82 Å². The molecule has 5 nitrogen and oxygen atoms in total. The van der Waals surface area contributed by atoms with Gasteiger partial charge >= 0.3 is 12.6 Å². The first-order chi connectivity index (χ1) is 10.5. The Kier molecular flexibility index (Phi) is 5.32. The first kappa shape index (κ1) is 16.2. The fraction of sp³-hybridized carbons (Fsp3) is 0.286. The maximum atomic E-state index is 12.7. The van der Waals surface area contributed by atoms with E-state index < -0.39 is 12.6 Å². The molecule has 0 aliphatic rings. The molecule has 0 aliphatic carbocycles. The van der Waals surface area contributed by atoms with Crippen LogP contribution in [0.2, 0.25) is 5.02 Å². The summed E-state index contributed by atoms with van der Waals surface area (Å²) in [6.45, 7) is -2.45. The molecule has 2 amide bonds. The van der Waals surface area contributed by atoms with E-state index >= 15 is 0 Å². The second-order valence-electron chi connectivity index (χ2n) is 4.63. The van der Waals surface area contributed by atoms with E-state index in [1.54, 1.807) is 18.2 Å². The highest BCUT2D eigenvalue weighted by molar-refractivity contribution is 6.31. The Bertz CT molecular complexity index is 647. The number of imidazole rings is 1. The maximum Gasteiger partial charge on any atom is 0.319 e. The van der Waals surface area contributed by atoms with E-state index in [2.05, 4.69) is 10.3 Å². The van der Waals surface area contributed by atoms with Crippen molar-refractivity contribution < 1.29 is 13.6 Å². The summed E-state index contributed by atoms with van der Waals surface area (Å²) >= 11 is 6.00. The fourth-order valence-corrected chi connectivity index (χ4v) is 2.08. The van der Waals surface area contributed by atoms with Crippen LogP contribution in [0.4, 0.5) is 13.6 Å². The normalized spacial score (nSPS) is 10.8. The van der Waals surface area contributed by atoms with Crippen molar-refractivity contribution in [1.29, 1.82) is 0 Å². The molecule has 118 valence electrons. The molecular weight excluding hydrogens is 314 g/mol. The van der Waals surface area contributed by atoms with Gasteiger partial charge in [0.15, 0.2) is 0 Å². The van der Waals surface area contributed by atoms with Crippen LogP contribution in [0.1, 0.15) is 17.9 Å². The Morgan fingerprint density at radius 1 is 1.45 bits per heavy atom. The number of carbonyl (C=O) groups is 1. The molecule has 8 heteroatoms. The number of rotatable bonds is 5. The van der Waals surface area contributed by atoms with Crippen LogP contribution in [-0.2, 0) is 13.1 Å². The van der Waals surface area contributed by atoms with Gasteiger partial charge in [-0.3, -0.25) is 4.57 Å². The summed E-state index contributed by atoms with van der Waals surface area (Å²) in [5.74, 6) is 0.116. The molecule has 0 atom stereocenters. The first-order valence-corrected chi connectivity index (χ1v) is 6.89. The largest absolute Gasteiger partial charge is 0.334 e. The second-order valence-corrected chi connectivity index (χ2v) is 5.04. The van der Waals surface area contributed by atoms with E-state index in [0.717, 1.165) is 10.1 Å². The number of carbonyl (C=O) groups excluding carboxylic acids is 1. The van der Waals surface area contributed by atoms with Crippen molar-refractivity contribution in [2.24, 2.45) is 0 Å². The number of nitrogens with zero attached hydrogens (tertiary/aromatic N) is 3. The van der Waals surface area contributed by atoms with Crippen LogP contribution in [0.15, 0.2) is 36.7 Å². The summed E-state index contributed by atoms with van der Waals surface area (Å²) in [5.41, 5.74) is 0.778. The Morgan fingerprint density at radius 3 is 2.86 bits per heavy atom. The standard InChI is InChI=1S/C14H15ClF2N4O/c1-20(9-12-18-6-7-21(12)13(16)17)14(22)19-8-10-4-2-3-5-11(10)15/h2-7,13H,8-9H2,1H3,(H,19,22). The number of aromatic nitrogens is 2. The third-order valence-electron chi connectivity index (χ3n) is 3.07. The Morgan fingerprint density at radius 2 is 2.18 bits per heavy atom. The molecule has 1 heterocycles. The van der Waals surface area contributed by atoms with Crippen LogP contribution in [0.5, 0.6) is 0 Å². The molecule has 0 radical (unpaired) electrons. The van der Waals surface area contributed by atoms with Gasteiger partial charge in [0, 0.05) is 31.0 Å². The Hall–Kier alpha value is -2.15. The summed E-state index contributed by atoms with van der Waals surface area (Å²) in [4.78, 5) is 17.1. The summed E-state index contributed by atoms with van der Waals surface area (Å²) in [5, 5.41) is 3.23. The van der Waals surface area contributed by atoms with E-state index in [1.807, 2.05) is 6.07 Å². The Labute approximate surface area is 131 Å². The van der Waals surface area contributed by atoms with Crippen molar-refractivity contribution in [3.8, 4) is 0 Å². The summed E-state index contributed by atoms with van der Waals surface area (Å²) in [7, 11) is 1.51. The van der Waals surface area contributed by atoms with Gasteiger partial charge in [-0.2, -0.15) is 8.78 Å². The molecule has 2 aromatic rings. The SMILES string of the molecule is CN(Cc1nccn1C(F)F)C(=O)NCc1ccccc1Cl. The predicted molar refractivity (Wildman–Crippen MR) is 78.6 cm³/mol. The lowest BCUT2D eigenvalue weighted by Crippen LogP contribution is -2.37. The van der Waals surface area contributed by atoms with E-state index in [4.69, 9.17) is 11.6 Å². The van der Waals surface area contributed by atoms with E-state index in [-0.39, 0.29) is 18.9 Å². The van der Waals surface area contributed by atoms with Crippen LogP contribution in [-0.4, -0.2) is 27.5 Å². The van der Waals surface area contributed by atoms with E-state index in [0.29, 0.717) is 5.02 Å². The van der Waals surface area contributed by atoms with Crippen molar-refractivity contribution in [1.82, 2.24) is 19.8 Å². The van der Waals surface area contributed by atoms with Crippen LogP contribution in [0.3, 0.4) is 0 Å². The van der Waals surface area contributed by atoms with Crippen molar-refractivity contribution >= 4 is 17.6 Å². The number of amides is 2. The second kappa shape index (κ2) is 7.22. The monoisotopic (exact) mass is 328 g/mol. The molecular formula is C14H15ClF2N4O. The lowest BCUT2D eigenvalue weighted by molar-refractivity contribution is 0.0651. The fourth-order valence-electron chi connectivity index (χ4n) is 1.88. The number of benzene rings is 1. The van der Waals surface area contributed by atoms with Crippen LogP contribution < -0.4 is 5.32 Å². The van der Waals surface area contributed by atoms with Crippen molar-refractivity contribution in [3.63, 3.8) is 0 Å². The van der Waals surface area contributed by atoms with Crippen LogP contribution in [0.25, 0.3) is 0 Å². The van der Waals surface area contributed by atoms with Crippen LogP contribution >= 0.6 is 11.6 Å². The number of hydrogen-bond donors (Lipinski definition) is 1. The van der Waals surface area contributed by atoms with Gasteiger partial charge in [-0.25, -0.2) is 9.78 Å². The predicted octanol–water partition coefficient (Wildman–Crippen LogP) is 3.27. The number of hydrogen-bond acceptors (Lipinski definition) is 2. The minimum Gasteiger partial charge on any atom is -0.334 e. The number of urea groups is 1. The smallest absolute Gasteiger partial charge is 0.319 e. The molecule has 2 rings (SSSR count). The molecule has 0 saturated carbocycles. The summed E-state index contributed by atoms with van der Waals surface area (Å²) < 4.78 is 26.2. The van der Waals surface area contributed by atoms with Crippen LogP contribution in [0, 0.1) is 0 Å². The molecule has 0 aliphatic heterocycles. The average molecular weight is 329 g/mol. The molecule has 0 bridgehead atoms. The van der Waals surface area contributed by atoms with Gasteiger partial charge in [0.25, 0.3) is 0 Å². The highest BCUT2D eigenvalue weighted by Crippen LogP contribution is 2.15. The van der Waals surface area contributed by atoms with Crippen molar-refractivity contribution in [3.05, 3.63) is 53.1 Å². The minimum atomic E-state index is -2.68. The van der Waals surface area contributed by atoms with Gasteiger partial charge in [0.2, 0.25) is 0 Å². The molecule has 1 N–H and O–H groups in total. The number of halogens is 3. The Balaban J connectivity index is 1.92. The van der Waals surface area contributed by atoms with Crippen molar-refractivity contribution in [2.75, 3.05) is 7.05 Å². The number of nitrogens with one attached hydrogen (secondary N) is 1. The topological polar surface area (TPSA) is 50.2 Å². The zero-order chi connectivity index (χ0) is 16.1. The summed E-state index contributed by atoms with van der Waals surface area (Å²) in [6, 6.07) is 6.74. The van der Waals surface area contributed by atoms with Gasteiger partial charge < -0.3 is 10.2 Å². The van der Waals surface area contributed by atoms with E-state index in [1.165, 1.54) is 24.3 Å². The number of alkyl halides is 2. The first-order valence-electron chi connectivity index (χ1n) is 6.51. The average Bonchev–Trinajstić information content (AvgIpc) is 2.94.